The van der Waals surface area contributed by atoms with Crippen LogP contribution in [0.1, 0.15) is 54.7 Å². The van der Waals surface area contributed by atoms with Crippen LogP contribution in [0.15, 0.2) is 28.7 Å². The summed E-state index contributed by atoms with van der Waals surface area (Å²) >= 11 is 1.01. The Labute approximate surface area is 237 Å². The molecule has 1 aromatic heterocycles. The first kappa shape index (κ1) is 31.0. The number of aliphatic carboxylic acids is 2. The number of benzene rings is 1. The number of ketones is 1. The third kappa shape index (κ3) is 7.79. The zero-order valence-corrected chi connectivity index (χ0v) is 22.7. The molecular formula is C24H27BN4O11S. The average Bonchev–Trinajstić information content (AvgIpc) is 3.31. The molecule has 15 nitrogen and oxygen atoms in total. The summed E-state index contributed by atoms with van der Waals surface area (Å²) in [5.74, 6) is -6.32. The smallest absolute Gasteiger partial charge is 0.526 e. The molecule has 1 aliphatic rings. The van der Waals surface area contributed by atoms with E-state index in [2.05, 4.69) is 15.5 Å². The predicted octanol–water partition coefficient (Wildman–Crippen LogP) is 0.802. The maximum absolute atomic E-state index is 13.4. The van der Waals surface area contributed by atoms with E-state index in [4.69, 9.17) is 20.3 Å². The second kappa shape index (κ2) is 12.8. The van der Waals surface area contributed by atoms with Gasteiger partial charge in [-0.05, 0) is 38.3 Å². The number of Topliss-reactive ketones (excluding diaryl/α,β-unsaturated/α-hetero) is 1. The minimum atomic E-state index is -1.82. The monoisotopic (exact) mass is 590 g/mol. The predicted molar refractivity (Wildman–Crippen MR) is 144 cm³/mol. The summed E-state index contributed by atoms with van der Waals surface area (Å²) in [5, 5.41) is 45.7. The lowest BCUT2D eigenvalue weighted by Gasteiger charge is -2.28. The molecule has 2 atom stereocenters. The number of rotatable bonds is 13. The Hall–Kier alpha value is -4.51. The molecule has 0 spiro atoms. The summed E-state index contributed by atoms with van der Waals surface area (Å²) in [6.07, 6.45) is -1.10. The van der Waals surface area contributed by atoms with Crippen LogP contribution in [0.4, 0.5) is 5.13 Å². The summed E-state index contributed by atoms with van der Waals surface area (Å²) in [6, 6.07) is 2.95. The van der Waals surface area contributed by atoms with Crippen LogP contribution >= 0.6 is 11.3 Å². The number of nitrogens with zero attached hydrogens (tertiary/aromatic N) is 2. The standard InChI is InChI=1S/C24H27BN4O11S/c1-24(2,22(37)27-14(21(35)36)6-7-17(31)32)40-29-18(15-10-41-23(26)28-15)16(30)9-12-8-11-4-3-5-13(20(33)34)19(11)39-25(12)38/h3-5,10,12,14,38H,6-9H2,1-2H3,(H2,26,28)(H,27,37)(H,31,32)(H,33,34)(H,35,36)/b29-18-/t12-,14+/m1/s1. The molecule has 1 amide bonds. The fourth-order valence-electron chi connectivity index (χ4n) is 3.86. The Kier molecular flexibility index (Phi) is 9.67. The van der Waals surface area contributed by atoms with Gasteiger partial charge in [0.1, 0.15) is 17.5 Å². The molecule has 0 fully saturated rings. The molecule has 0 saturated heterocycles. The Morgan fingerprint density at radius 2 is 1.98 bits per heavy atom. The van der Waals surface area contributed by atoms with Gasteiger partial charge in [-0.1, -0.05) is 17.3 Å². The van der Waals surface area contributed by atoms with Crippen molar-refractivity contribution in [3.63, 3.8) is 0 Å². The maximum atomic E-state index is 13.4. The van der Waals surface area contributed by atoms with Crippen molar-refractivity contribution < 1.29 is 53.8 Å². The number of carboxylic acids is 3. The van der Waals surface area contributed by atoms with E-state index in [-0.39, 0.29) is 47.1 Å². The van der Waals surface area contributed by atoms with Crippen LogP contribution in [-0.2, 0) is 30.4 Å². The average molecular weight is 590 g/mol. The van der Waals surface area contributed by atoms with Gasteiger partial charge in [0.25, 0.3) is 5.91 Å². The number of carbonyl (C=O) groups excluding carboxylic acids is 2. The van der Waals surface area contributed by atoms with Crippen LogP contribution in [0.25, 0.3) is 0 Å². The van der Waals surface area contributed by atoms with E-state index in [1.807, 2.05) is 0 Å². The number of aromatic nitrogens is 1. The van der Waals surface area contributed by atoms with Gasteiger partial charge in [-0.15, -0.1) is 11.3 Å². The van der Waals surface area contributed by atoms with Gasteiger partial charge in [-0.3, -0.25) is 14.4 Å². The first-order valence-electron chi connectivity index (χ1n) is 12.2. The number of nitrogens with two attached hydrogens (primary N) is 1. The van der Waals surface area contributed by atoms with Crippen LogP contribution in [0.5, 0.6) is 5.75 Å². The molecule has 0 saturated carbocycles. The molecule has 218 valence electrons. The first-order valence-corrected chi connectivity index (χ1v) is 13.0. The number of amides is 1. The van der Waals surface area contributed by atoms with Gasteiger partial charge in [0.15, 0.2) is 16.6 Å². The molecule has 0 bridgehead atoms. The number of fused-ring (bicyclic) bond motifs is 1. The summed E-state index contributed by atoms with van der Waals surface area (Å²) < 4.78 is 5.44. The largest absolute Gasteiger partial charge is 0.535 e. The molecule has 0 aliphatic carbocycles. The number of oxime groups is 1. The number of hydrogen-bond acceptors (Lipinski definition) is 12. The topological polar surface area (TPSA) is 248 Å². The molecule has 3 rings (SSSR count). The molecule has 1 aliphatic heterocycles. The molecule has 41 heavy (non-hydrogen) atoms. The Morgan fingerprint density at radius 1 is 1.27 bits per heavy atom. The number of carboxylic acid groups (broad SMARTS) is 3. The highest BCUT2D eigenvalue weighted by Crippen LogP contribution is 2.36. The molecule has 1 aromatic carbocycles. The van der Waals surface area contributed by atoms with Crippen LogP contribution in [0, 0.1) is 0 Å². The molecule has 17 heteroatoms. The van der Waals surface area contributed by atoms with Gasteiger partial charge < -0.3 is 40.9 Å². The summed E-state index contributed by atoms with van der Waals surface area (Å²) in [6.45, 7) is 2.52. The molecule has 7 N–H and O–H groups in total. The van der Waals surface area contributed by atoms with E-state index < -0.39 is 60.6 Å². The fraction of sp³-hybridized carbons (Fsp3) is 0.375. The minimum absolute atomic E-state index is 0.0106. The summed E-state index contributed by atoms with van der Waals surface area (Å²) in [7, 11) is -1.52. The highest BCUT2D eigenvalue weighted by atomic mass is 32.1. The van der Waals surface area contributed by atoms with Crippen LogP contribution in [-0.4, -0.2) is 79.4 Å². The van der Waals surface area contributed by atoms with Crippen molar-refractivity contribution in [1.82, 2.24) is 10.3 Å². The maximum Gasteiger partial charge on any atom is 0.526 e. The SMILES string of the molecule is CC(C)(O/N=C(\C(=O)C[C@H]1Cc2cccc(C(=O)O)c2OB1O)c1csc(N)n1)C(=O)N[C@@H](CCC(=O)O)C(=O)O. The van der Waals surface area contributed by atoms with Crippen LogP contribution < -0.4 is 15.7 Å². The van der Waals surface area contributed by atoms with Crippen LogP contribution in [0.3, 0.4) is 0 Å². The van der Waals surface area contributed by atoms with Crippen LogP contribution in [0.2, 0.25) is 5.82 Å². The molecule has 2 heterocycles. The Morgan fingerprint density at radius 3 is 2.56 bits per heavy atom. The number of carbonyl (C=O) groups is 5. The second-order valence-corrected chi connectivity index (χ2v) is 10.5. The van der Waals surface area contributed by atoms with E-state index in [1.165, 1.54) is 31.4 Å². The third-order valence-corrected chi connectivity index (χ3v) is 6.76. The lowest BCUT2D eigenvalue weighted by molar-refractivity contribution is -0.150. The Bertz CT molecular complexity index is 1390. The van der Waals surface area contributed by atoms with Gasteiger partial charge in [0, 0.05) is 24.0 Å². The normalized spacial score (nSPS) is 15.7. The number of nitrogen functional groups attached to an aromatic ring is 1. The Balaban J connectivity index is 1.80. The van der Waals surface area contributed by atoms with Crippen molar-refractivity contribution in [2.24, 2.45) is 5.16 Å². The highest BCUT2D eigenvalue weighted by molar-refractivity contribution is 7.13. The number of hydrogen-bond donors (Lipinski definition) is 6. The molecule has 0 unspecified atom stereocenters. The van der Waals surface area contributed by atoms with Gasteiger partial charge in [-0.2, -0.15) is 0 Å². The van der Waals surface area contributed by atoms with E-state index in [9.17, 15) is 39.2 Å². The number of thiazole rings is 1. The zero-order chi connectivity index (χ0) is 30.5. The van der Waals surface area contributed by atoms with Gasteiger partial charge in [0.05, 0.1) is 5.56 Å². The van der Waals surface area contributed by atoms with Gasteiger partial charge >= 0.3 is 25.0 Å². The number of anilines is 1. The molecule has 2 aromatic rings. The molecule has 0 radical (unpaired) electrons. The van der Waals surface area contributed by atoms with Crippen molar-refractivity contribution in [3.8, 4) is 5.75 Å². The van der Waals surface area contributed by atoms with Crippen molar-refractivity contribution in [2.45, 2.75) is 57.0 Å². The zero-order valence-electron chi connectivity index (χ0n) is 21.9. The number of nitrogens with one attached hydrogen (secondary N) is 1. The fourth-order valence-corrected chi connectivity index (χ4v) is 4.40. The van der Waals surface area contributed by atoms with E-state index in [1.54, 1.807) is 6.07 Å². The van der Waals surface area contributed by atoms with E-state index in [0.717, 1.165) is 11.3 Å². The van der Waals surface area contributed by atoms with Crippen molar-refractivity contribution in [1.29, 1.82) is 0 Å². The molecular weight excluding hydrogens is 563 g/mol. The number of para-hydroxylation sites is 1. The third-order valence-electron chi connectivity index (χ3n) is 6.09. The number of aromatic carboxylic acids is 1. The van der Waals surface area contributed by atoms with Gasteiger partial charge in [-0.25, -0.2) is 14.6 Å². The minimum Gasteiger partial charge on any atom is -0.535 e. The van der Waals surface area contributed by atoms with E-state index >= 15 is 0 Å². The van der Waals surface area contributed by atoms with Gasteiger partial charge in [0.2, 0.25) is 5.60 Å². The summed E-state index contributed by atoms with van der Waals surface area (Å²) in [4.78, 5) is 69.3. The lowest BCUT2D eigenvalue weighted by Crippen LogP contribution is -2.50. The highest BCUT2D eigenvalue weighted by Gasteiger charge is 2.39. The van der Waals surface area contributed by atoms with Crippen molar-refractivity contribution in [3.05, 3.63) is 40.4 Å². The lowest BCUT2D eigenvalue weighted by atomic mass is 9.64. The van der Waals surface area contributed by atoms with Crippen molar-refractivity contribution >= 4 is 58.9 Å². The van der Waals surface area contributed by atoms with Crippen molar-refractivity contribution in [2.75, 3.05) is 5.73 Å². The second-order valence-electron chi connectivity index (χ2n) is 9.61. The first-order chi connectivity index (χ1) is 19.2. The summed E-state index contributed by atoms with van der Waals surface area (Å²) in [5.41, 5.74) is 3.93. The van der Waals surface area contributed by atoms with E-state index in [0.29, 0.717) is 5.56 Å². The quantitative estimate of drug-likeness (QED) is 0.107.